The van der Waals surface area contributed by atoms with Gasteiger partial charge in [-0.25, -0.2) is 0 Å². The van der Waals surface area contributed by atoms with E-state index in [4.69, 9.17) is 13.3 Å². The van der Waals surface area contributed by atoms with Gasteiger partial charge in [0.2, 0.25) is 0 Å². The number of rotatable bonds is 16. The third kappa shape index (κ3) is 13.1. The van der Waals surface area contributed by atoms with E-state index in [1.807, 2.05) is 6.07 Å². The van der Waals surface area contributed by atoms with Gasteiger partial charge >= 0.3 is 0 Å². The fourth-order valence-corrected chi connectivity index (χ4v) is 20.6. The first-order valence-electron chi connectivity index (χ1n) is 44.9. The minimum absolute atomic E-state index is 0.476. The zero-order valence-electron chi connectivity index (χ0n) is 71.3. The van der Waals surface area contributed by atoms with Gasteiger partial charge in [-0.2, -0.15) is 0 Å². The van der Waals surface area contributed by atoms with Gasteiger partial charge in [0.1, 0.15) is 33.5 Å². The topological polar surface area (TPSA) is 45.9 Å². The maximum Gasteiger partial charge on any atom is 0.143 e. The van der Waals surface area contributed by atoms with Crippen LogP contribution in [-0.4, -0.2) is 0 Å². The molecule has 0 spiro atoms. The van der Waals surface area contributed by atoms with E-state index < -0.39 is 0 Å². The van der Waals surface area contributed by atoms with Crippen LogP contribution >= 0.6 is 0 Å². The smallest absolute Gasteiger partial charge is 0.143 e. The van der Waals surface area contributed by atoms with Crippen molar-refractivity contribution >= 4 is 138 Å². The first kappa shape index (κ1) is 75.7. The molecule has 25 rings (SSSR count). The summed E-state index contributed by atoms with van der Waals surface area (Å²) in [6.45, 7) is 2.31. The maximum atomic E-state index is 7.27. The van der Waals surface area contributed by atoms with Gasteiger partial charge in [0.15, 0.2) is 0 Å². The number of furan rings is 3. The number of allylic oxidation sites excluding steroid dienone is 1. The normalized spacial score (nSPS) is 12.7. The fourth-order valence-electron chi connectivity index (χ4n) is 20.6. The third-order valence-electron chi connectivity index (χ3n) is 26.8. The molecule has 3 aromatic heterocycles. The summed E-state index contributed by atoms with van der Waals surface area (Å²) in [5.74, 6) is 0.476. The maximum absolute atomic E-state index is 7.27. The second-order valence-electron chi connectivity index (χ2n) is 34.5. The summed E-state index contributed by atoms with van der Waals surface area (Å²) in [7, 11) is 0. The Balaban J connectivity index is 0.602. The van der Waals surface area contributed by atoms with Gasteiger partial charge in [0.05, 0.1) is 11.4 Å². The SMILES string of the molecule is CC1C=Cc2c(cccc2-c2ccc(-c3ccccc3)c(N(c3ccc(-c4cccc(-c5ccccc5)c4)cc3)c3cccc(-c4cccc5oc6c7cc(-c8cccc9c(-c%10ccc(-c%11ccccc%11)c(N(c%11ccc(-c%12cccc%13c%12oc%12ccccc%12%13)cc%11)c%11ccc(-c%12cccc%13oc%14c%15ccccc%15ccc%14c%12%13)cc%11)c%10)cccc89)ccc7ccc6c45)c3)c2)C1. The van der Waals surface area contributed by atoms with Gasteiger partial charge in [-0.1, -0.05) is 365 Å². The van der Waals surface area contributed by atoms with Crippen LogP contribution < -0.4 is 9.80 Å². The first-order chi connectivity index (χ1) is 64.3. The molecule has 21 aromatic carbocycles. The number of para-hydroxylation sites is 2. The Labute approximate surface area is 752 Å². The number of hydrogen-bond acceptors (Lipinski definition) is 5. The van der Waals surface area contributed by atoms with E-state index in [-0.39, 0.29) is 0 Å². The van der Waals surface area contributed by atoms with Crippen molar-refractivity contribution in [2.45, 2.75) is 13.3 Å². The van der Waals surface area contributed by atoms with Crippen molar-refractivity contribution in [3.63, 3.8) is 0 Å². The molecule has 24 aromatic rings. The molecule has 1 unspecified atom stereocenters. The summed E-state index contributed by atoms with van der Waals surface area (Å²) in [6, 6.07) is 164. The van der Waals surface area contributed by atoms with Crippen LogP contribution in [0.4, 0.5) is 34.1 Å². The third-order valence-corrected chi connectivity index (χ3v) is 26.8. The summed E-state index contributed by atoms with van der Waals surface area (Å²) in [6.07, 6.45) is 5.72. The van der Waals surface area contributed by atoms with Gasteiger partial charge < -0.3 is 23.1 Å². The van der Waals surface area contributed by atoms with Crippen molar-refractivity contribution in [2.24, 2.45) is 5.92 Å². The van der Waals surface area contributed by atoms with Gasteiger partial charge in [-0.05, 0) is 243 Å². The van der Waals surface area contributed by atoms with Crippen molar-refractivity contribution in [3.8, 4) is 111 Å². The van der Waals surface area contributed by atoms with Crippen molar-refractivity contribution in [2.75, 3.05) is 9.80 Å². The largest absolute Gasteiger partial charge is 0.455 e. The average molecular weight is 1660 g/mol. The molecular formula is C125H82N2O3. The summed E-state index contributed by atoms with van der Waals surface area (Å²) in [5.41, 5.74) is 36.5. The van der Waals surface area contributed by atoms with Gasteiger partial charge in [0.25, 0.3) is 0 Å². The second-order valence-corrected chi connectivity index (χ2v) is 34.5. The molecule has 130 heavy (non-hydrogen) atoms. The minimum atomic E-state index is 0.476. The Hall–Kier alpha value is -16.9. The molecule has 1 aliphatic carbocycles. The molecule has 0 aliphatic heterocycles. The van der Waals surface area contributed by atoms with E-state index in [1.165, 1.54) is 27.8 Å². The lowest BCUT2D eigenvalue weighted by atomic mass is 9.85. The lowest BCUT2D eigenvalue weighted by molar-refractivity contribution is 0.670. The highest BCUT2D eigenvalue weighted by atomic mass is 16.3. The highest BCUT2D eigenvalue weighted by molar-refractivity contribution is 6.22. The average Bonchev–Trinajstić information content (AvgIpc) is 1.47. The predicted octanol–water partition coefficient (Wildman–Crippen LogP) is 35.7. The molecule has 610 valence electrons. The standard InChI is InChI=1S/C125H82N2O3/c1-79-49-68-102-90(73-79)33-17-37-99(102)93-60-69-104(83-27-9-4-10-28-83)117(77-93)127(97-62-52-81(53-63-97)89-31-15-30-88(74-89)80-23-5-2-6-24-80)98-34-16-32-91(75-98)106-41-22-48-120-122(106)114-72-59-87-50-51-92(76-115(87)125(114)130-120)100-38-18-44-110-101(39-19-43-109(100)110)94-61-70-103(82-25-7-3-8-26-82)116(78-94)126(96-66-56-86(57-67-96)108-42-20-45-112-111-36-13-14-46-118(111)128-123(108)112)95-64-54-85(55-65-95)105-40-21-47-119-121(105)113-71-58-84-29-11-12-35-107(84)124(113)129-119/h2-72,74-79H,73H2,1H3. The number of fused-ring (bicyclic) bond motifs is 15. The highest BCUT2D eigenvalue weighted by Gasteiger charge is 2.27. The minimum Gasteiger partial charge on any atom is -0.455 e. The van der Waals surface area contributed by atoms with Crippen molar-refractivity contribution < 1.29 is 13.3 Å². The molecule has 1 aliphatic rings. The number of hydrogen-bond donors (Lipinski definition) is 0. The molecule has 1 atom stereocenters. The van der Waals surface area contributed by atoms with Crippen molar-refractivity contribution in [1.29, 1.82) is 0 Å². The van der Waals surface area contributed by atoms with Crippen molar-refractivity contribution in [3.05, 3.63) is 466 Å². The molecule has 0 bridgehead atoms. The molecular weight excluding hydrogens is 1580 g/mol. The molecule has 0 fully saturated rings. The summed E-state index contributed by atoms with van der Waals surface area (Å²) in [5, 5.41) is 13.2. The van der Waals surface area contributed by atoms with Crippen molar-refractivity contribution in [1.82, 2.24) is 0 Å². The second kappa shape index (κ2) is 31.4. The Morgan fingerprint density at radius 1 is 0.215 bits per heavy atom. The molecule has 0 N–H and O–H groups in total. The van der Waals surface area contributed by atoms with E-state index >= 15 is 0 Å². The summed E-state index contributed by atoms with van der Waals surface area (Å²) >= 11 is 0. The summed E-state index contributed by atoms with van der Waals surface area (Å²) < 4.78 is 20.7. The molecule has 5 heteroatoms. The highest BCUT2D eigenvalue weighted by Crippen LogP contribution is 2.52. The van der Waals surface area contributed by atoms with Crippen LogP contribution in [0.3, 0.4) is 0 Å². The zero-order valence-corrected chi connectivity index (χ0v) is 71.3. The van der Waals surface area contributed by atoms with Crippen LogP contribution in [0.2, 0.25) is 0 Å². The molecule has 0 radical (unpaired) electrons. The number of anilines is 6. The first-order valence-corrected chi connectivity index (χ1v) is 44.9. The predicted molar refractivity (Wildman–Crippen MR) is 546 cm³/mol. The van der Waals surface area contributed by atoms with E-state index in [1.54, 1.807) is 0 Å². The van der Waals surface area contributed by atoms with Crippen LogP contribution in [0.5, 0.6) is 0 Å². The molecule has 0 saturated carbocycles. The van der Waals surface area contributed by atoms with Crippen LogP contribution in [0.15, 0.2) is 468 Å². The quantitative estimate of drug-likeness (QED) is 0.0965. The lowest BCUT2D eigenvalue weighted by Crippen LogP contribution is -2.12. The van der Waals surface area contributed by atoms with E-state index in [0.717, 1.165) is 233 Å². The zero-order chi connectivity index (χ0) is 85.9. The number of nitrogens with zero attached hydrogens (tertiary/aromatic N) is 2. The Morgan fingerprint density at radius 2 is 0.608 bits per heavy atom. The summed E-state index contributed by atoms with van der Waals surface area (Å²) in [4.78, 5) is 4.91. The Morgan fingerprint density at radius 3 is 1.25 bits per heavy atom. The van der Waals surface area contributed by atoms with E-state index in [9.17, 15) is 0 Å². The van der Waals surface area contributed by atoms with Crippen LogP contribution in [0, 0.1) is 5.92 Å². The Kier molecular flexibility index (Phi) is 18.3. The fraction of sp³-hybridized carbons (Fsp3) is 0.0240. The van der Waals surface area contributed by atoms with Crippen LogP contribution in [0.25, 0.3) is 215 Å². The monoisotopic (exact) mass is 1660 g/mol. The molecule has 0 saturated heterocycles. The molecule has 3 heterocycles. The Bertz CT molecular complexity index is 8640. The van der Waals surface area contributed by atoms with Crippen LogP contribution in [0.1, 0.15) is 18.1 Å². The molecule has 5 nitrogen and oxygen atoms in total. The van der Waals surface area contributed by atoms with Gasteiger partial charge in [-0.15, -0.1) is 0 Å². The van der Waals surface area contributed by atoms with E-state index in [0.29, 0.717) is 5.92 Å². The number of benzene rings is 21. The van der Waals surface area contributed by atoms with Gasteiger partial charge in [0, 0.05) is 82.5 Å². The van der Waals surface area contributed by atoms with Gasteiger partial charge in [-0.3, -0.25) is 0 Å². The lowest BCUT2D eigenvalue weighted by Gasteiger charge is -2.29. The van der Waals surface area contributed by atoms with Crippen LogP contribution in [-0.2, 0) is 6.42 Å². The molecule has 0 amide bonds. The van der Waals surface area contributed by atoms with E-state index in [2.05, 4.69) is 472 Å².